The smallest absolute Gasteiger partial charge is 0.389 e. The van der Waals surface area contributed by atoms with Crippen molar-refractivity contribution in [2.45, 2.75) is 40.5 Å². The van der Waals surface area contributed by atoms with Gasteiger partial charge in [-0.05, 0) is 47.0 Å². The number of aryl methyl sites for hydroxylation is 1. The molecule has 0 aliphatic carbocycles. The molecule has 2 aromatic rings. The molecule has 12 heteroatoms. The number of nitrogens with zero attached hydrogens (tertiary/aromatic N) is 2. The van der Waals surface area contributed by atoms with E-state index in [0.717, 1.165) is 11.5 Å². The first-order valence-corrected chi connectivity index (χ1v) is 14.4. The van der Waals surface area contributed by atoms with Crippen LogP contribution in [0.25, 0.3) is 0 Å². The number of benzene rings is 1. The Labute approximate surface area is 196 Å². The summed E-state index contributed by atoms with van der Waals surface area (Å²) in [6, 6.07) is 10.8. The van der Waals surface area contributed by atoms with Gasteiger partial charge in [0.15, 0.2) is 0 Å². The standard InChI is InChI=1S/C12H21N2O3PS.C8H13N2O2P/c1-6-15-18(19,16-7-2)17-11-8-10(5)13-12(14-11)9(3)4;1-9-13(11,10-2)12-8-6-4-3-5-7-8/h8-9H,6-7H2,1-5H3;3-7H,1-2H3,(H2,9,10,11). The summed E-state index contributed by atoms with van der Waals surface area (Å²) < 4.78 is 33.5. The molecule has 0 aliphatic rings. The van der Waals surface area contributed by atoms with Crippen molar-refractivity contribution >= 4 is 26.2 Å². The second-order valence-corrected chi connectivity index (χ2v) is 11.8. The van der Waals surface area contributed by atoms with Gasteiger partial charge in [-0.1, -0.05) is 32.0 Å². The Balaban J connectivity index is 0.000000343. The molecule has 0 radical (unpaired) electrons. The second-order valence-electron chi connectivity index (χ2n) is 6.64. The number of para-hydroxylation sites is 1. The number of hydrogen-bond donors (Lipinski definition) is 2. The van der Waals surface area contributed by atoms with Crippen molar-refractivity contribution in [3.63, 3.8) is 0 Å². The third-order valence-corrected chi connectivity index (χ3v) is 7.77. The van der Waals surface area contributed by atoms with E-state index in [4.69, 9.17) is 29.9 Å². The van der Waals surface area contributed by atoms with E-state index in [1.54, 1.807) is 32.3 Å². The van der Waals surface area contributed by atoms with Gasteiger partial charge in [0, 0.05) is 29.5 Å². The highest BCUT2D eigenvalue weighted by molar-refractivity contribution is 8.07. The van der Waals surface area contributed by atoms with E-state index in [-0.39, 0.29) is 5.92 Å². The molecule has 0 bridgehead atoms. The van der Waals surface area contributed by atoms with E-state index >= 15 is 0 Å². The molecule has 0 unspecified atom stereocenters. The van der Waals surface area contributed by atoms with Gasteiger partial charge in [0.2, 0.25) is 5.88 Å². The normalized spacial score (nSPS) is 11.6. The second kappa shape index (κ2) is 14.0. The van der Waals surface area contributed by atoms with E-state index in [9.17, 15) is 4.57 Å². The Morgan fingerprint density at radius 2 is 1.56 bits per heavy atom. The monoisotopic (exact) mass is 504 g/mol. The van der Waals surface area contributed by atoms with Crippen molar-refractivity contribution in [3.05, 3.63) is 47.9 Å². The Hall–Kier alpha value is -1.38. The maximum absolute atomic E-state index is 11.7. The summed E-state index contributed by atoms with van der Waals surface area (Å²) in [4.78, 5) is 8.71. The molecule has 0 fully saturated rings. The van der Waals surface area contributed by atoms with Crippen molar-refractivity contribution in [1.82, 2.24) is 20.1 Å². The third-order valence-electron chi connectivity index (χ3n) is 3.71. The first-order chi connectivity index (χ1) is 15.1. The quantitative estimate of drug-likeness (QED) is 0.397. The average Bonchev–Trinajstić information content (AvgIpc) is 2.74. The number of hydrogen-bond acceptors (Lipinski definition) is 8. The maximum Gasteiger partial charge on any atom is 0.389 e. The average molecular weight is 505 g/mol. The molecule has 2 N–H and O–H groups in total. The van der Waals surface area contributed by atoms with Crippen molar-refractivity contribution in [3.8, 4) is 11.6 Å². The fraction of sp³-hybridized carbons (Fsp3) is 0.500. The molecule has 0 saturated carbocycles. The highest BCUT2D eigenvalue weighted by atomic mass is 32.5. The SMILES string of the molecule is CCOP(=S)(OCC)Oc1cc(C)nc(C(C)C)n1.CNP(=O)(NC)Oc1ccccc1. The summed E-state index contributed by atoms with van der Waals surface area (Å²) in [6.45, 7) is 7.78. The van der Waals surface area contributed by atoms with Crippen molar-refractivity contribution in [2.24, 2.45) is 0 Å². The number of rotatable bonds is 11. The zero-order valence-electron chi connectivity index (χ0n) is 19.7. The van der Waals surface area contributed by atoms with Gasteiger partial charge >= 0.3 is 14.4 Å². The van der Waals surface area contributed by atoms with Crippen LogP contribution >= 0.6 is 14.4 Å². The molecule has 0 amide bonds. The molecular weight excluding hydrogens is 470 g/mol. The van der Waals surface area contributed by atoms with E-state index in [0.29, 0.717) is 24.8 Å². The Bertz CT molecular complexity index is 900. The molecular formula is C20H34N4O5P2S. The molecule has 0 atom stereocenters. The van der Waals surface area contributed by atoms with Gasteiger partial charge in [-0.3, -0.25) is 9.05 Å². The van der Waals surface area contributed by atoms with Crippen LogP contribution in [0.3, 0.4) is 0 Å². The van der Waals surface area contributed by atoms with Crippen LogP contribution in [0.5, 0.6) is 11.6 Å². The topological polar surface area (TPSA) is 104 Å². The molecule has 0 aliphatic heterocycles. The maximum atomic E-state index is 11.7. The Morgan fingerprint density at radius 1 is 1.00 bits per heavy atom. The molecule has 0 saturated heterocycles. The Morgan fingerprint density at radius 3 is 2.03 bits per heavy atom. The van der Waals surface area contributed by atoms with Gasteiger partial charge < -0.3 is 9.05 Å². The minimum absolute atomic E-state index is 0.222. The summed E-state index contributed by atoms with van der Waals surface area (Å²) in [6.07, 6.45) is 0. The number of nitrogens with one attached hydrogen (secondary N) is 2. The lowest BCUT2D eigenvalue weighted by atomic mass is 10.2. The summed E-state index contributed by atoms with van der Waals surface area (Å²) >= 11 is 5.32. The largest absolute Gasteiger partial charge is 0.422 e. The van der Waals surface area contributed by atoms with E-state index in [1.165, 1.54) is 0 Å². The third kappa shape index (κ3) is 10.0. The predicted octanol–water partition coefficient (Wildman–Crippen LogP) is 5.20. The fourth-order valence-corrected chi connectivity index (χ4v) is 5.04. The summed E-state index contributed by atoms with van der Waals surface area (Å²) in [5.41, 5.74) is 0.836. The lowest BCUT2D eigenvalue weighted by molar-refractivity contribution is 0.215. The van der Waals surface area contributed by atoms with Crippen LogP contribution in [0.1, 0.15) is 45.1 Å². The van der Waals surface area contributed by atoms with Crippen LogP contribution in [0.4, 0.5) is 0 Å². The highest BCUT2D eigenvalue weighted by Gasteiger charge is 2.23. The van der Waals surface area contributed by atoms with Gasteiger partial charge in [-0.25, -0.2) is 19.7 Å². The Kier molecular flexibility index (Phi) is 12.5. The van der Waals surface area contributed by atoms with E-state index in [2.05, 4.69) is 20.1 Å². The summed E-state index contributed by atoms with van der Waals surface area (Å²) in [5.74, 6) is 1.94. The molecule has 180 valence electrons. The van der Waals surface area contributed by atoms with E-state index in [1.807, 2.05) is 52.8 Å². The van der Waals surface area contributed by atoms with Crippen LogP contribution in [-0.4, -0.2) is 37.3 Å². The van der Waals surface area contributed by atoms with Crippen molar-refractivity contribution in [2.75, 3.05) is 27.3 Å². The minimum atomic E-state index is -2.90. The van der Waals surface area contributed by atoms with Crippen molar-refractivity contribution in [1.29, 1.82) is 0 Å². The summed E-state index contributed by atoms with van der Waals surface area (Å²) in [5, 5.41) is 5.20. The molecule has 1 aromatic carbocycles. The summed E-state index contributed by atoms with van der Waals surface area (Å²) in [7, 11) is 0.264. The van der Waals surface area contributed by atoms with Gasteiger partial charge in [0.05, 0.1) is 13.2 Å². The first kappa shape index (κ1) is 28.7. The van der Waals surface area contributed by atoms with Crippen LogP contribution in [-0.2, 0) is 25.4 Å². The number of aromatic nitrogens is 2. The molecule has 32 heavy (non-hydrogen) atoms. The minimum Gasteiger partial charge on any atom is -0.422 e. The van der Waals surface area contributed by atoms with Crippen molar-refractivity contribution < 1.29 is 22.7 Å². The van der Waals surface area contributed by atoms with Crippen LogP contribution in [0.2, 0.25) is 0 Å². The lowest BCUT2D eigenvalue weighted by Crippen LogP contribution is -2.19. The van der Waals surface area contributed by atoms with Crippen LogP contribution in [0.15, 0.2) is 36.4 Å². The first-order valence-electron chi connectivity index (χ1n) is 10.3. The van der Waals surface area contributed by atoms with Crippen LogP contribution in [0, 0.1) is 6.92 Å². The molecule has 0 spiro atoms. The van der Waals surface area contributed by atoms with Crippen LogP contribution < -0.4 is 19.2 Å². The lowest BCUT2D eigenvalue weighted by Gasteiger charge is -2.20. The van der Waals surface area contributed by atoms with Gasteiger partial charge in [0.25, 0.3) is 0 Å². The fourth-order valence-electron chi connectivity index (χ4n) is 2.22. The van der Waals surface area contributed by atoms with Gasteiger partial charge in [-0.2, -0.15) is 4.98 Å². The molecule has 9 nitrogen and oxygen atoms in total. The predicted molar refractivity (Wildman–Crippen MR) is 132 cm³/mol. The van der Waals surface area contributed by atoms with E-state index < -0.39 is 14.4 Å². The van der Waals surface area contributed by atoms with Gasteiger partial charge in [-0.15, -0.1) is 0 Å². The highest BCUT2D eigenvalue weighted by Crippen LogP contribution is 2.49. The molecule has 1 heterocycles. The molecule has 2 rings (SSSR count). The zero-order chi connectivity index (χ0) is 24.2. The van der Waals surface area contributed by atoms with Gasteiger partial charge in [0.1, 0.15) is 11.6 Å². The zero-order valence-corrected chi connectivity index (χ0v) is 22.3. The molecule has 1 aromatic heterocycles.